The fourth-order valence-electron chi connectivity index (χ4n) is 2.19. The van der Waals surface area contributed by atoms with Crippen LogP contribution in [-0.2, 0) is 0 Å². The molecule has 4 heteroatoms. The summed E-state index contributed by atoms with van der Waals surface area (Å²) in [6.45, 7) is 6.90. The lowest BCUT2D eigenvalue weighted by Gasteiger charge is -2.09. The van der Waals surface area contributed by atoms with Gasteiger partial charge in [-0.15, -0.1) is 5.11 Å². The maximum Gasteiger partial charge on any atom is 0.147 e. The molecule has 2 aromatic carbocycles. The number of nitrogens with zero attached hydrogens (tertiary/aromatic N) is 2. The van der Waals surface area contributed by atoms with Gasteiger partial charge in [0.25, 0.3) is 0 Å². The molecule has 0 aliphatic rings. The predicted octanol–water partition coefficient (Wildman–Crippen LogP) is 6.54. The second-order valence-corrected chi connectivity index (χ2v) is 5.73. The molecule has 0 saturated heterocycles. The van der Waals surface area contributed by atoms with Crippen molar-refractivity contribution in [3.63, 3.8) is 0 Å². The highest BCUT2D eigenvalue weighted by Gasteiger charge is 2.07. The molecule has 0 aliphatic heterocycles. The second-order valence-electron chi connectivity index (χ2n) is 5.73. The van der Waals surface area contributed by atoms with E-state index in [0.717, 1.165) is 24.1 Å². The number of unbranched alkanes of at least 4 members (excludes halogenated alkanes) is 1. The highest BCUT2D eigenvalue weighted by molar-refractivity contribution is 5.53. The summed E-state index contributed by atoms with van der Waals surface area (Å²) in [4.78, 5) is 0. The summed E-state index contributed by atoms with van der Waals surface area (Å²) < 4.78 is 19.2. The van der Waals surface area contributed by atoms with Crippen molar-refractivity contribution in [2.24, 2.45) is 10.2 Å². The van der Waals surface area contributed by atoms with Gasteiger partial charge in [0.15, 0.2) is 0 Å². The summed E-state index contributed by atoms with van der Waals surface area (Å²) in [5.74, 6) is 0.558. The highest BCUT2D eigenvalue weighted by atomic mass is 19.1. The maximum atomic E-state index is 13.5. The molecule has 0 unspecified atom stereocenters. The normalized spacial score (nSPS) is 11.3. The van der Waals surface area contributed by atoms with Gasteiger partial charge in [0.1, 0.15) is 17.3 Å². The summed E-state index contributed by atoms with van der Waals surface area (Å²) >= 11 is 0. The summed E-state index contributed by atoms with van der Waals surface area (Å²) in [5, 5.41) is 8.53. The molecule has 3 nitrogen and oxygen atoms in total. The Labute approximate surface area is 137 Å². The van der Waals surface area contributed by atoms with Gasteiger partial charge < -0.3 is 4.74 Å². The molecular weight excluding hydrogens is 291 g/mol. The molecule has 0 fully saturated rings. The van der Waals surface area contributed by atoms with Crippen LogP contribution in [0.1, 0.15) is 45.1 Å². The Kier molecular flexibility index (Phi) is 6.27. The van der Waals surface area contributed by atoms with Crippen LogP contribution in [0.25, 0.3) is 0 Å². The van der Waals surface area contributed by atoms with E-state index in [9.17, 15) is 4.39 Å². The number of azo groups is 1. The first-order chi connectivity index (χ1) is 11.1. The predicted molar refractivity (Wildman–Crippen MR) is 91.5 cm³/mol. The fourth-order valence-corrected chi connectivity index (χ4v) is 2.19. The molecule has 122 valence electrons. The van der Waals surface area contributed by atoms with E-state index >= 15 is 0 Å². The quantitative estimate of drug-likeness (QED) is 0.422. The van der Waals surface area contributed by atoms with Gasteiger partial charge in [-0.25, -0.2) is 4.39 Å². The van der Waals surface area contributed by atoms with Gasteiger partial charge in [0, 0.05) is 6.07 Å². The standard InChI is InChI=1S/C19H23FN2O/c1-4-5-12-23-19-11-10-15(20)13-18(19)22-21-17-9-7-6-8-16(17)14(2)3/h6-11,13-14H,4-5,12H2,1-3H3. The van der Waals surface area contributed by atoms with E-state index < -0.39 is 0 Å². The van der Waals surface area contributed by atoms with Crippen LogP contribution in [0.2, 0.25) is 0 Å². The molecule has 0 amide bonds. The van der Waals surface area contributed by atoms with Gasteiger partial charge in [-0.2, -0.15) is 5.11 Å². The van der Waals surface area contributed by atoms with E-state index in [1.807, 2.05) is 24.3 Å². The molecule has 0 radical (unpaired) electrons. The van der Waals surface area contributed by atoms with Crippen molar-refractivity contribution in [1.29, 1.82) is 0 Å². The molecule has 2 aromatic rings. The number of halogens is 1. The fraction of sp³-hybridized carbons (Fsp3) is 0.368. The SMILES string of the molecule is CCCCOc1ccc(F)cc1N=Nc1ccccc1C(C)C. The van der Waals surface area contributed by atoms with Crippen molar-refractivity contribution in [3.05, 3.63) is 53.8 Å². The van der Waals surface area contributed by atoms with Gasteiger partial charge in [-0.05, 0) is 36.1 Å². The van der Waals surface area contributed by atoms with Crippen molar-refractivity contribution in [2.75, 3.05) is 6.61 Å². The van der Waals surface area contributed by atoms with Gasteiger partial charge in [0.05, 0.1) is 12.3 Å². The minimum absolute atomic E-state index is 0.345. The molecule has 0 aliphatic carbocycles. The maximum absolute atomic E-state index is 13.5. The van der Waals surface area contributed by atoms with Crippen molar-refractivity contribution in [1.82, 2.24) is 0 Å². The lowest BCUT2D eigenvalue weighted by Crippen LogP contribution is -1.96. The molecule has 0 atom stereocenters. The van der Waals surface area contributed by atoms with Gasteiger partial charge >= 0.3 is 0 Å². The van der Waals surface area contributed by atoms with Crippen molar-refractivity contribution < 1.29 is 9.13 Å². The zero-order valence-corrected chi connectivity index (χ0v) is 13.9. The third kappa shape index (κ3) is 4.88. The zero-order chi connectivity index (χ0) is 16.7. The first-order valence-corrected chi connectivity index (χ1v) is 8.04. The molecule has 0 spiro atoms. The molecule has 0 saturated carbocycles. The van der Waals surface area contributed by atoms with Crippen LogP contribution >= 0.6 is 0 Å². The molecule has 0 aromatic heterocycles. The van der Waals surface area contributed by atoms with E-state index in [2.05, 4.69) is 31.0 Å². The van der Waals surface area contributed by atoms with E-state index in [1.54, 1.807) is 6.07 Å². The van der Waals surface area contributed by atoms with Crippen LogP contribution in [0.4, 0.5) is 15.8 Å². The molecule has 0 heterocycles. The smallest absolute Gasteiger partial charge is 0.147 e. The summed E-state index contributed by atoms with van der Waals surface area (Å²) in [7, 11) is 0. The van der Waals surface area contributed by atoms with Crippen LogP contribution in [-0.4, -0.2) is 6.61 Å². The zero-order valence-electron chi connectivity index (χ0n) is 13.9. The van der Waals surface area contributed by atoms with Crippen molar-refractivity contribution in [3.8, 4) is 5.75 Å². The van der Waals surface area contributed by atoms with E-state index in [1.165, 1.54) is 12.1 Å². The van der Waals surface area contributed by atoms with E-state index in [4.69, 9.17) is 4.74 Å². The third-order valence-corrected chi connectivity index (χ3v) is 3.50. The average Bonchev–Trinajstić information content (AvgIpc) is 2.55. The van der Waals surface area contributed by atoms with Crippen LogP contribution in [0.5, 0.6) is 5.75 Å². The van der Waals surface area contributed by atoms with Crippen LogP contribution in [0, 0.1) is 5.82 Å². The van der Waals surface area contributed by atoms with E-state index in [-0.39, 0.29) is 5.82 Å². The lowest BCUT2D eigenvalue weighted by molar-refractivity contribution is 0.310. The Morgan fingerprint density at radius 2 is 1.78 bits per heavy atom. The number of hydrogen-bond donors (Lipinski definition) is 0. The average molecular weight is 314 g/mol. The van der Waals surface area contributed by atoms with Gasteiger partial charge in [-0.3, -0.25) is 0 Å². The largest absolute Gasteiger partial charge is 0.491 e. The Morgan fingerprint density at radius 3 is 2.52 bits per heavy atom. The van der Waals surface area contributed by atoms with Crippen molar-refractivity contribution >= 4 is 11.4 Å². The van der Waals surface area contributed by atoms with Crippen LogP contribution in [0.3, 0.4) is 0 Å². The number of benzene rings is 2. The Bertz CT molecular complexity index is 668. The minimum Gasteiger partial charge on any atom is -0.491 e. The number of hydrogen-bond acceptors (Lipinski definition) is 3. The van der Waals surface area contributed by atoms with E-state index in [0.29, 0.717) is 24.0 Å². The highest BCUT2D eigenvalue weighted by Crippen LogP contribution is 2.32. The number of ether oxygens (including phenoxy) is 1. The number of rotatable bonds is 7. The van der Waals surface area contributed by atoms with Gasteiger partial charge in [-0.1, -0.05) is 45.4 Å². The summed E-state index contributed by atoms with van der Waals surface area (Å²) in [6, 6.07) is 12.2. The Balaban J connectivity index is 2.26. The topological polar surface area (TPSA) is 34.0 Å². The Hall–Kier alpha value is -2.23. The summed E-state index contributed by atoms with van der Waals surface area (Å²) in [6.07, 6.45) is 1.99. The summed E-state index contributed by atoms with van der Waals surface area (Å²) in [5.41, 5.74) is 2.33. The lowest BCUT2D eigenvalue weighted by atomic mass is 10.0. The van der Waals surface area contributed by atoms with Crippen molar-refractivity contribution in [2.45, 2.75) is 39.5 Å². The third-order valence-electron chi connectivity index (χ3n) is 3.50. The molecule has 2 rings (SSSR count). The first-order valence-electron chi connectivity index (χ1n) is 8.04. The first kappa shape index (κ1) is 17.1. The monoisotopic (exact) mass is 314 g/mol. The molecule has 23 heavy (non-hydrogen) atoms. The molecule has 0 bridgehead atoms. The van der Waals surface area contributed by atoms with Crippen LogP contribution in [0.15, 0.2) is 52.7 Å². The minimum atomic E-state index is -0.348. The van der Waals surface area contributed by atoms with Crippen LogP contribution < -0.4 is 4.74 Å². The molecular formula is C19H23FN2O. The Morgan fingerprint density at radius 1 is 1.04 bits per heavy atom. The van der Waals surface area contributed by atoms with Gasteiger partial charge in [0.2, 0.25) is 0 Å². The molecule has 0 N–H and O–H groups in total. The second kappa shape index (κ2) is 8.42.